The predicted octanol–water partition coefficient (Wildman–Crippen LogP) is 3.08. The van der Waals surface area contributed by atoms with Crippen LogP contribution in [0.1, 0.15) is 29.3 Å². The third-order valence-electron chi connectivity index (χ3n) is 2.74. The smallest absolute Gasteiger partial charge is 0.0948 e. The Morgan fingerprint density at radius 3 is 2.88 bits per heavy atom. The van der Waals surface area contributed by atoms with Crippen LogP contribution in [0.15, 0.2) is 22.0 Å². The molecule has 0 aliphatic heterocycles. The summed E-state index contributed by atoms with van der Waals surface area (Å²) in [5.41, 5.74) is 2.13. The van der Waals surface area contributed by atoms with Crippen molar-refractivity contribution in [2.75, 3.05) is 0 Å². The Hall–Kier alpha value is -0.650. The lowest BCUT2D eigenvalue weighted by Gasteiger charge is -2.09. The van der Waals surface area contributed by atoms with Gasteiger partial charge in [-0.05, 0) is 39.9 Å². The fraction of sp³-hybridized carbons (Fsp3) is 0.417. The van der Waals surface area contributed by atoms with Gasteiger partial charge in [-0.2, -0.15) is 5.10 Å². The Kier molecular flexibility index (Phi) is 4.01. The van der Waals surface area contributed by atoms with Gasteiger partial charge in [0.25, 0.3) is 0 Å². The zero-order chi connectivity index (χ0) is 12.4. The van der Waals surface area contributed by atoms with Crippen LogP contribution in [-0.4, -0.2) is 14.9 Å². The molecule has 2 rings (SSSR count). The van der Waals surface area contributed by atoms with Crippen LogP contribution in [0, 0.1) is 0 Å². The number of rotatable bonds is 4. The number of nitrogens with zero attached hydrogens (tertiary/aromatic N) is 2. The van der Waals surface area contributed by atoms with Crippen LogP contribution in [0.2, 0.25) is 0 Å². The molecule has 0 fully saturated rings. The molecule has 1 atom stereocenters. The second kappa shape index (κ2) is 5.33. The van der Waals surface area contributed by atoms with E-state index in [0.717, 1.165) is 27.2 Å². The molecule has 0 aliphatic rings. The molecule has 0 saturated carbocycles. The molecule has 0 spiro atoms. The number of aliphatic hydroxyl groups is 1. The van der Waals surface area contributed by atoms with Crippen molar-refractivity contribution in [3.63, 3.8) is 0 Å². The number of aliphatic hydroxyl groups excluding tert-OH is 1. The maximum absolute atomic E-state index is 10.2. The van der Waals surface area contributed by atoms with E-state index in [1.54, 1.807) is 11.3 Å². The molecule has 2 aromatic rings. The summed E-state index contributed by atoms with van der Waals surface area (Å²) in [4.78, 5) is 0.976. The minimum absolute atomic E-state index is 0.468. The zero-order valence-corrected chi connectivity index (χ0v) is 12.3. The highest BCUT2D eigenvalue weighted by Gasteiger charge is 2.15. The summed E-state index contributed by atoms with van der Waals surface area (Å²) in [6, 6.07) is 4.02. The molecule has 1 unspecified atom stereocenters. The Bertz CT molecular complexity index is 506. The van der Waals surface area contributed by atoms with E-state index >= 15 is 0 Å². The summed E-state index contributed by atoms with van der Waals surface area (Å²) >= 11 is 5.01. The maximum atomic E-state index is 10.2. The number of halogens is 1. The van der Waals surface area contributed by atoms with Crippen molar-refractivity contribution < 1.29 is 5.11 Å². The molecule has 0 radical (unpaired) electrons. The van der Waals surface area contributed by atoms with Gasteiger partial charge in [-0.25, -0.2) is 0 Å². The van der Waals surface area contributed by atoms with Gasteiger partial charge in [0, 0.05) is 28.5 Å². The summed E-state index contributed by atoms with van der Waals surface area (Å²) in [6.45, 7) is 2.08. The average Bonchev–Trinajstić information content (AvgIpc) is 2.86. The first-order valence-corrected chi connectivity index (χ1v) is 7.21. The molecule has 3 nitrogen and oxygen atoms in total. The molecule has 92 valence electrons. The van der Waals surface area contributed by atoms with Gasteiger partial charge in [-0.15, -0.1) is 11.3 Å². The molecule has 0 saturated heterocycles. The summed E-state index contributed by atoms with van der Waals surface area (Å²) in [7, 11) is 1.92. The molecule has 0 amide bonds. The van der Waals surface area contributed by atoms with E-state index in [0.29, 0.717) is 6.42 Å². The average molecular weight is 315 g/mol. The van der Waals surface area contributed by atoms with Crippen molar-refractivity contribution in [2.24, 2.45) is 7.05 Å². The molecule has 17 heavy (non-hydrogen) atoms. The lowest BCUT2D eigenvalue weighted by molar-refractivity contribution is 0.179. The van der Waals surface area contributed by atoms with Gasteiger partial charge in [-0.1, -0.05) is 6.92 Å². The Morgan fingerprint density at radius 1 is 1.59 bits per heavy atom. The largest absolute Gasteiger partial charge is 0.387 e. The minimum atomic E-state index is -0.468. The fourth-order valence-corrected chi connectivity index (χ4v) is 3.39. The van der Waals surface area contributed by atoms with Gasteiger partial charge in [0.2, 0.25) is 0 Å². The zero-order valence-electron chi connectivity index (χ0n) is 9.85. The van der Waals surface area contributed by atoms with Gasteiger partial charge in [-0.3, -0.25) is 4.68 Å². The van der Waals surface area contributed by atoms with E-state index in [-0.39, 0.29) is 0 Å². The van der Waals surface area contributed by atoms with Crippen LogP contribution in [0.5, 0.6) is 0 Å². The predicted molar refractivity (Wildman–Crippen MR) is 73.3 cm³/mol. The van der Waals surface area contributed by atoms with Gasteiger partial charge < -0.3 is 5.11 Å². The van der Waals surface area contributed by atoms with Crippen LogP contribution in [0.3, 0.4) is 0 Å². The number of thiophene rings is 1. The van der Waals surface area contributed by atoms with Crippen molar-refractivity contribution in [2.45, 2.75) is 25.9 Å². The summed E-state index contributed by atoms with van der Waals surface area (Å²) in [6.07, 6.45) is 1.05. The first-order chi connectivity index (χ1) is 8.11. The second-order valence-electron chi connectivity index (χ2n) is 3.96. The molecular formula is C12H15BrN2OS. The summed E-state index contributed by atoms with van der Waals surface area (Å²) in [5.74, 6) is 0. The molecule has 0 aliphatic carbocycles. The van der Waals surface area contributed by atoms with E-state index in [1.807, 2.05) is 23.2 Å². The number of hydrogen-bond donors (Lipinski definition) is 1. The topological polar surface area (TPSA) is 38.0 Å². The molecular weight excluding hydrogens is 300 g/mol. The van der Waals surface area contributed by atoms with Crippen LogP contribution in [0.25, 0.3) is 0 Å². The molecule has 2 heterocycles. The quantitative estimate of drug-likeness (QED) is 0.941. The molecule has 1 N–H and O–H groups in total. The van der Waals surface area contributed by atoms with Crippen LogP contribution in [0.4, 0.5) is 0 Å². The highest BCUT2D eigenvalue weighted by Crippen LogP contribution is 2.30. The number of aromatic nitrogens is 2. The normalized spacial score (nSPS) is 12.9. The van der Waals surface area contributed by atoms with E-state index in [4.69, 9.17) is 0 Å². The Balaban J connectivity index is 2.15. The van der Waals surface area contributed by atoms with Crippen molar-refractivity contribution in [3.8, 4) is 0 Å². The second-order valence-corrected chi connectivity index (χ2v) is 5.76. The van der Waals surface area contributed by atoms with Crippen molar-refractivity contribution in [1.29, 1.82) is 0 Å². The molecule has 0 bridgehead atoms. The monoisotopic (exact) mass is 314 g/mol. The van der Waals surface area contributed by atoms with E-state index < -0.39 is 6.10 Å². The lowest BCUT2D eigenvalue weighted by atomic mass is 10.1. The fourth-order valence-electron chi connectivity index (χ4n) is 1.77. The minimum Gasteiger partial charge on any atom is -0.387 e. The molecule has 2 aromatic heterocycles. The van der Waals surface area contributed by atoms with E-state index in [9.17, 15) is 5.11 Å². The van der Waals surface area contributed by atoms with Gasteiger partial charge in [0.1, 0.15) is 0 Å². The molecule has 5 heteroatoms. The van der Waals surface area contributed by atoms with E-state index in [2.05, 4.69) is 34.0 Å². The first-order valence-electron chi connectivity index (χ1n) is 5.54. The van der Waals surface area contributed by atoms with Crippen LogP contribution >= 0.6 is 27.3 Å². The standard InChI is InChI=1S/C12H15BrN2OS/c1-3-8-6-9(15(2)14-8)7-11(16)12-10(13)4-5-17-12/h4-6,11,16H,3,7H2,1-2H3. The lowest BCUT2D eigenvalue weighted by Crippen LogP contribution is -2.05. The first kappa shape index (κ1) is 12.8. The SMILES string of the molecule is CCc1cc(CC(O)c2sccc2Br)n(C)n1. The van der Waals surface area contributed by atoms with Crippen LogP contribution in [-0.2, 0) is 19.9 Å². The third-order valence-corrected chi connectivity index (χ3v) is 4.71. The summed E-state index contributed by atoms with van der Waals surface area (Å²) in [5, 5.41) is 16.5. The van der Waals surface area contributed by atoms with Crippen molar-refractivity contribution in [3.05, 3.63) is 38.3 Å². The number of aryl methyl sites for hydroxylation is 2. The van der Waals surface area contributed by atoms with Gasteiger partial charge >= 0.3 is 0 Å². The van der Waals surface area contributed by atoms with E-state index in [1.165, 1.54) is 0 Å². The Labute approximate surface area is 113 Å². The van der Waals surface area contributed by atoms with Crippen molar-refractivity contribution in [1.82, 2.24) is 9.78 Å². The molecule has 0 aromatic carbocycles. The van der Waals surface area contributed by atoms with Gasteiger partial charge in [0.15, 0.2) is 0 Å². The van der Waals surface area contributed by atoms with Crippen LogP contribution < -0.4 is 0 Å². The third kappa shape index (κ3) is 2.78. The summed E-state index contributed by atoms with van der Waals surface area (Å²) < 4.78 is 2.83. The highest BCUT2D eigenvalue weighted by atomic mass is 79.9. The highest BCUT2D eigenvalue weighted by molar-refractivity contribution is 9.10. The maximum Gasteiger partial charge on any atom is 0.0948 e. The van der Waals surface area contributed by atoms with Gasteiger partial charge in [0.05, 0.1) is 11.8 Å². The Morgan fingerprint density at radius 2 is 2.35 bits per heavy atom. The number of hydrogen-bond acceptors (Lipinski definition) is 3. The van der Waals surface area contributed by atoms with Crippen molar-refractivity contribution >= 4 is 27.3 Å².